The third kappa shape index (κ3) is 2.75. The maximum Gasteiger partial charge on any atom is 0.0112 e. The molecule has 3 unspecified atom stereocenters. The van der Waals surface area contributed by atoms with Crippen molar-refractivity contribution in [3.63, 3.8) is 0 Å². The lowest BCUT2D eigenvalue weighted by Crippen LogP contribution is -2.36. The van der Waals surface area contributed by atoms with E-state index < -0.39 is 0 Å². The summed E-state index contributed by atoms with van der Waals surface area (Å²) in [5.74, 6) is 1.56. The summed E-state index contributed by atoms with van der Waals surface area (Å²) in [6.45, 7) is 13.2. The third-order valence-corrected chi connectivity index (χ3v) is 4.99. The molecule has 2 fully saturated rings. The van der Waals surface area contributed by atoms with E-state index in [2.05, 4.69) is 32.3 Å². The lowest BCUT2D eigenvalue weighted by molar-refractivity contribution is 0.160. The molecule has 0 radical (unpaired) electrons. The van der Waals surface area contributed by atoms with E-state index in [1.165, 1.54) is 44.2 Å². The number of allylic oxidation sites excluding steroid dienone is 2. The quantitative estimate of drug-likeness (QED) is 0.652. The summed E-state index contributed by atoms with van der Waals surface area (Å²) in [6, 6.07) is 0. The van der Waals surface area contributed by atoms with Gasteiger partial charge in [-0.05, 0) is 37.0 Å². The summed E-state index contributed by atoms with van der Waals surface area (Å²) in [5, 5.41) is 3.39. The second kappa shape index (κ2) is 4.88. The zero-order valence-electron chi connectivity index (χ0n) is 11.5. The predicted octanol–water partition coefficient (Wildman–Crippen LogP) is 4.62. The zero-order valence-corrected chi connectivity index (χ0v) is 11.5. The molecule has 1 aliphatic carbocycles. The minimum Gasteiger partial charge on any atom is -0.363 e. The Kier molecular flexibility index (Phi) is 3.65. The fourth-order valence-corrected chi connectivity index (χ4v) is 3.69. The molecule has 0 amide bonds. The van der Waals surface area contributed by atoms with Crippen molar-refractivity contribution in [3.8, 4) is 0 Å². The molecule has 0 aromatic rings. The first kappa shape index (κ1) is 12.7. The fraction of sp³-hybridized carbons (Fsp3) is 0.750. The van der Waals surface area contributed by atoms with E-state index in [0.29, 0.717) is 11.3 Å². The van der Waals surface area contributed by atoms with E-state index in [1.54, 1.807) is 0 Å². The highest BCUT2D eigenvalue weighted by Gasteiger charge is 2.38. The summed E-state index contributed by atoms with van der Waals surface area (Å²) in [4.78, 5) is 0. The van der Waals surface area contributed by atoms with Crippen LogP contribution in [0.3, 0.4) is 0 Å². The highest BCUT2D eigenvalue weighted by molar-refractivity contribution is 5.16. The number of piperidine rings is 1. The Morgan fingerprint density at radius 3 is 2.65 bits per heavy atom. The molecular formula is C16H27N. The van der Waals surface area contributed by atoms with Crippen molar-refractivity contribution in [2.75, 3.05) is 0 Å². The summed E-state index contributed by atoms with van der Waals surface area (Å²) in [6.07, 6.45) is 9.30. The minimum absolute atomic E-state index is 0.468. The van der Waals surface area contributed by atoms with Crippen molar-refractivity contribution in [1.29, 1.82) is 0 Å². The lowest BCUT2D eigenvalue weighted by atomic mass is 9.67. The first-order valence-corrected chi connectivity index (χ1v) is 7.15. The van der Waals surface area contributed by atoms with Crippen LogP contribution in [0.1, 0.15) is 58.8 Å². The van der Waals surface area contributed by atoms with Gasteiger partial charge in [-0.3, -0.25) is 0 Å². The minimum atomic E-state index is 0.468. The van der Waals surface area contributed by atoms with Crippen LogP contribution in [0.5, 0.6) is 0 Å². The van der Waals surface area contributed by atoms with Crippen LogP contribution in [0, 0.1) is 17.3 Å². The molecule has 1 heterocycles. The molecule has 1 aliphatic heterocycles. The Morgan fingerprint density at radius 2 is 1.94 bits per heavy atom. The van der Waals surface area contributed by atoms with Crippen LogP contribution < -0.4 is 5.32 Å². The highest BCUT2D eigenvalue weighted by Crippen LogP contribution is 2.47. The van der Waals surface area contributed by atoms with Crippen LogP contribution in [0.4, 0.5) is 0 Å². The Labute approximate surface area is 106 Å². The Hall–Kier alpha value is -0.720. The van der Waals surface area contributed by atoms with Crippen LogP contribution >= 0.6 is 0 Å². The molecule has 96 valence electrons. The normalized spacial score (nSPS) is 39.6. The van der Waals surface area contributed by atoms with Crippen molar-refractivity contribution >= 4 is 0 Å². The molecule has 1 nitrogen and oxygen atoms in total. The van der Waals surface area contributed by atoms with Crippen molar-refractivity contribution < 1.29 is 0 Å². The average Bonchev–Trinajstić information content (AvgIpc) is 2.42. The summed E-state index contributed by atoms with van der Waals surface area (Å²) in [5.41, 5.74) is 2.84. The van der Waals surface area contributed by atoms with Gasteiger partial charge in [0.1, 0.15) is 0 Å². The van der Waals surface area contributed by atoms with Gasteiger partial charge in [-0.25, -0.2) is 0 Å². The van der Waals surface area contributed by atoms with Gasteiger partial charge in [-0.15, -0.1) is 0 Å². The standard InChI is InChI=1S/C16H27N/c1-12-6-5-10-16(4,11-9-12)15-8-7-13(2)17-14(15)3/h12,15,17H,2-3,5-11H2,1,4H3. The monoisotopic (exact) mass is 233 g/mol. The molecule has 0 aromatic carbocycles. The Bertz CT molecular complexity index is 317. The second-order valence-corrected chi connectivity index (χ2v) is 6.54. The molecule has 2 rings (SSSR count). The fourth-order valence-electron chi connectivity index (χ4n) is 3.69. The van der Waals surface area contributed by atoms with Gasteiger partial charge in [-0.1, -0.05) is 46.3 Å². The largest absolute Gasteiger partial charge is 0.363 e. The summed E-state index contributed by atoms with van der Waals surface area (Å²) < 4.78 is 0. The molecule has 0 aromatic heterocycles. The number of nitrogens with one attached hydrogen (secondary N) is 1. The molecule has 1 saturated carbocycles. The molecule has 0 spiro atoms. The van der Waals surface area contributed by atoms with Gasteiger partial charge in [0, 0.05) is 17.3 Å². The van der Waals surface area contributed by atoms with Gasteiger partial charge < -0.3 is 5.32 Å². The molecule has 1 heteroatoms. The van der Waals surface area contributed by atoms with E-state index in [0.717, 1.165) is 18.0 Å². The molecule has 3 atom stereocenters. The van der Waals surface area contributed by atoms with Crippen molar-refractivity contribution in [1.82, 2.24) is 5.32 Å². The first-order chi connectivity index (χ1) is 8.01. The predicted molar refractivity (Wildman–Crippen MR) is 74.5 cm³/mol. The van der Waals surface area contributed by atoms with Crippen LogP contribution in [0.25, 0.3) is 0 Å². The van der Waals surface area contributed by atoms with Crippen LogP contribution in [0.15, 0.2) is 24.6 Å². The van der Waals surface area contributed by atoms with Crippen molar-refractivity contribution in [2.24, 2.45) is 17.3 Å². The zero-order chi connectivity index (χ0) is 12.5. The van der Waals surface area contributed by atoms with Gasteiger partial charge in [0.05, 0.1) is 0 Å². The van der Waals surface area contributed by atoms with Gasteiger partial charge in [0.15, 0.2) is 0 Å². The number of hydrogen-bond donors (Lipinski definition) is 1. The molecule has 2 aliphatic rings. The van der Waals surface area contributed by atoms with E-state index in [9.17, 15) is 0 Å². The maximum atomic E-state index is 4.24. The first-order valence-electron chi connectivity index (χ1n) is 7.15. The van der Waals surface area contributed by atoms with Gasteiger partial charge in [0.25, 0.3) is 0 Å². The topological polar surface area (TPSA) is 12.0 Å². The smallest absolute Gasteiger partial charge is 0.0112 e. The maximum absolute atomic E-state index is 4.24. The molecule has 17 heavy (non-hydrogen) atoms. The van der Waals surface area contributed by atoms with Crippen LogP contribution in [-0.4, -0.2) is 0 Å². The second-order valence-electron chi connectivity index (χ2n) is 6.54. The van der Waals surface area contributed by atoms with Gasteiger partial charge in [0.2, 0.25) is 0 Å². The van der Waals surface area contributed by atoms with Crippen molar-refractivity contribution in [3.05, 3.63) is 24.6 Å². The van der Waals surface area contributed by atoms with E-state index in [1.807, 2.05) is 0 Å². The van der Waals surface area contributed by atoms with Crippen LogP contribution in [0.2, 0.25) is 0 Å². The van der Waals surface area contributed by atoms with E-state index in [4.69, 9.17) is 0 Å². The summed E-state index contributed by atoms with van der Waals surface area (Å²) >= 11 is 0. The molecular weight excluding hydrogens is 206 g/mol. The number of rotatable bonds is 1. The van der Waals surface area contributed by atoms with Crippen LogP contribution in [-0.2, 0) is 0 Å². The molecule has 1 saturated heterocycles. The van der Waals surface area contributed by atoms with Gasteiger partial charge in [-0.2, -0.15) is 0 Å². The highest BCUT2D eigenvalue weighted by atomic mass is 14.9. The molecule has 1 N–H and O–H groups in total. The number of hydrogen-bond acceptors (Lipinski definition) is 1. The van der Waals surface area contributed by atoms with Gasteiger partial charge >= 0.3 is 0 Å². The average molecular weight is 233 g/mol. The third-order valence-electron chi connectivity index (χ3n) is 4.99. The van der Waals surface area contributed by atoms with Crippen molar-refractivity contribution in [2.45, 2.75) is 58.8 Å². The lowest BCUT2D eigenvalue weighted by Gasteiger charge is -2.42. The molecule has 0 bridgehead atoms. The Morgan fingerprint density at radius 1 is 1.18 bits per heavy atom. The SMILES string of the molecule is C=C1CCC(C2(C)CCCC(C)CC2)C(=C)N1. The van der Waals surface area contributed by atoms with E-state index in [-0.39, 0.29) is 0 Å². The van der Waals surface area contributed by atoms with E-state index >= 15 is 0 Å². The Balaban J connectivity index is 2.08. The summed E-state index contributed by atoms with van der Waals surface area (Å²) in [7, 11) is 0.